The van der Waals surface area contributed by atoms with E-state index < -0.39 is 0 Å². The zero-order valence-electron chi connectivity index (χ0n) is 14.6. The monoisotopic (exact) mass is 358 g/mol. The number of hydrogen-bond donors (Lipinski definition) is 1. The second kappa shape index (κ2) is 9.23. The Balaban J connectivity index is 1.84. The predicted octanol–water partition coefficient (Wildman–Crippen LogP) is 3.36. The molecule has 0 aliphatic rings. The van der Waals surface area contributed by atoms with E-state index in [0.717, 1.165) is 16.7 Å². The van der Waals surface area contributed by atoms with Crippen molar-refractivity contribution in [1.29, 1.82) is 0 Å². The number of carbonyl (C=O) groups excluding carboxylic acids is 2. The number of amides is 2. The summed E-state index contributed by atoms with van der Waals surface area (Å²) in [5.41, 5.74) is 3.28. The van der Waals surface area contributed by atoms with Crippen LogP contribution in [0.1, 0.15) is 23.6 Å². The molecule has 0 aliphatic carbocycles. The summed E-state index contributed by atoms with van der Waals surface area (Å²) in [6.07, 6.45) is 0.682. The van der Waals surface area contributed by atoms with Crippen LogP contribution >= 0.6 is 11.6 Å². The normalized spacial score (nSPS) is 10.4. The molecule has 0 radical (unpaired) electrons. The van der Waals surface area contributed by atoms with E-state index >= 15 is 0 Å². The van der Waals surface area contributed by atoms with Crippen LogP contribution in [-0.2, 0) is 22.6 Å². The smallest absolute Gasteiger partial charge is 0.239 e. The van der Waals surface area contributed by atoms with E-state index in [9.17, 15) is 9.59 Å². The number of halogens is 1. The van der Waals surface area contributed by atoms with E-state index in [1.807, 2.05) is 55.5 Å². The van der Waals surface area contributed by atoms with Crippen molar-refractivity contribution in [2.75, 3.05) is 13.1 Å². The van der Waals surface area contributed by atoms with Gasteiger partial charge in [0.25, 0.3) is 0 Å². The third-order valence-electron chi connectivity index (χ3n) is 3.94. The van der Waals surface area contributed by atoms with Gasteiger partial charge in [0.1, 0.15) is 0 Å². The van der Waals surface area contributed by atoms with Gasteiger partial charge >= 0.3 is 0 Å². The minimum absolute atomic E-state index is 0.0642. The van der Waals surface area contributed by atoms with Crippen LogP contribution < -0.4 is 5.32 Å². The molecule has 0 unspecified atom stereocenters. The van der Waals surface area contributed by atoms with Gasteiger partial charge in [-0.25, -0.2) is 0 Å². The van der Waals surface area contributed by atoms with Crippen LogP contribution in [0.4, 0.5) is 0 Å². The Morgan fingerprint density at radius 1 is 1.08 bits per heavy atom. The molecule has 25 heavy (non-hydrogen) atoms. The highest BCUT2D eigenvalue weighted by Crippen LogP contribution is 2.10. The number of hydrogen-bond acceptors (Lipinski definition) is 2. The number of carbonyl (C=O) groups is 2. The zero-order valence-corrected chi connectivity index (χ0v) is 15.3. The average Bonchev–Trinajstić information content (AvgIpc) is 2.58. The third-order valence-corrected chi connectivity index (χ3v) is 4.19. The molecule has 2 amide bonds. The van der Waals surface area contributed by atoms with Crippen LogP contribution in [-0.4, -0.2) is 29.8 Å². The van der Waals surface area contributed by atoms with Gasteiger partial charge in [0.15, 0.2) is 0 Å². The van der Waals surface area contributed by atoms with Gasteiger partial charge in [-0.15, -0.1) is 0 Å². The van der Waals surface area contributed by atoms with Crippen molar-refractivity contribution in [2.24, 2.45) is 0 Å². The lowest BCUT2D eigenvalue weighted by atomic mass is 10.1. The van der Waals surface area contributed by atoms with Crippen LogP contribution in [0.3, 0.4) is 0 Å². The molecule has 0 saturated heterocycles. The average molecular weight is 359 g/mol. The Kier molecular flexibility index (Phi) is 7.02. The minimum Gasteiger partial charge on any atom is -0.350 e. The SMILES string of the molecule is CC(=O)N(CCc1ccc(Cl)cc1)CC(=O)NCc1cccc(C)c1. The number of nitrogens with zero attached hydrogens (tertiary/aromatic N) is 1. The van der Waals surface area contributed by atoms with Gasteiger partial charge in [0, 0.05) is 25.0 Å². The Morgan fingerprint density at radius 2 is 1.80 bits per heavy atom. The first kappa shape index (κ1) is 19.0. The maximum atomic E-state index is 12.1. The number of benzene rings is 2. The lowest BCUT2D eigenvalue weighted by molar-refractivity contribution is -0.134. The lowest BCUT2D eigenvalue weighted by Crippen LogP contribution is -2.40. The van der Waals surface area contributed by atoms with Crippen LogP contribution in [0.15, 0.2) is 48.5 Å². The second-order valence-corrected chi connectivity index (χ2v) is 6.52. The third kappa shape index (κ3) is 6.59. The summed E-state index contributed by atoms with van der Waals surface area (Å²) in [7, 11) is 0. The predicted molar refractivity (Wildman–Crippen MR) is 100 cm³/mol. The minimum atomic E-state index is -0.159. The fraction of sp³-hybridized carbons (Fsp3) is 0.300. The van der Waals surface area contributed by atoms with Gasteiger partial charge in [0.2, 0.25) is 11.8 Å². The topological polar surface area (TPSA) is 49.4 Å². The van der Waals surface area contributed by atoms with Crippen LogP contribution in [0.2, 0.25) is 5.02 Å². The van der Waals surface area contributed by atoms with Gasteiger partial charge in [-0.2, -0.15) is 0 Å². The highest BCUT2D eigenvalue weighted by molar-refractivity contribution is 6.30. The van der Waals surface area contributed by atoms with E-state index in [1.165, 1.54) is 6.92 Å². The molecular weight excluding hydrogens is 336 g/mol. The number of aryl methyl sites for hydroxylation is 1. The molecule has 0 spiro atoms. The zero-order chi connectivity index (χ0) is 18.2. The fourth-order valence-corrected chi connectivity index (χ4v) is 2.64. The van der Waals surface area contributed by atoms with E-state index in [0.29, 0.717) is 24.5 Å². The Labute approximate surface area is 153 Å². The Bertz CT molecular complexity index is 729. The Morgan fingerprint density at radius 3 is 2.44 bits per heavy atom. The Hall–Kier alpha value is -2.33. The molecule has 0 atom stereocenters. The summed E-state index contributed by atoms with van der Waals surface area (Å²) in [5, 5.41) is 3.55. The standard InChI is InChI=1S/C20H23ClN2O2/c1-15-4-3-5-18(12-15)13-22-20(25)14-23(16(2)24)11-10-17-6-8-19(21)9-7-17/h3-9,12H,10-11,13-14H2,1-2H3,(H,22,25). The first-order chi connectivity index (χ1) is 11.9. The van der Waals surface area contributed by atoms with Crippen molar-refractivity contribution in [2.45, 2.75) is 26.8 Å². The molecule has 4 nitrogen and oxygen atoms in total. The van der Waals surface area contributed by atoms with Crippen molar-refractivity contribution < 1.29 is 9.59 Å². The van der Waals surface area contributed by atoms with E-state index in [1.54, 1.807) is 4.90 Å². The molecule has 2 aromatic carbocycles. The van der Waals surface area contributed by atoms with Crippen molar-refractivity contribution in [1.82, 2.24) is 10.2 Å². The van der Waals surface area contributed by atoms with Gasteiger partial charge in [-0.3, -0.25) is 9.59 Å². The molecule has 0 bridgehead atoms. The molecule has 1 N–H and O–H groups in total. The molecule has 0 heterocycles. The summed E-state index contributed by atoms with van der Waals surface area (Å²) >= 11 is 5.87. The van der Waals surface area contributed by atoms with Crippen LogP contribution in [0.5, 0.6) is 0 Å². The molecule has 5 heteroatoms. The van der Waals surface area contributed by atoms with Crippen LogP contribution in [0, 0.1) is 6.92 Å². The first-order valence-corrected chi connectivity index (χ1v) is 8.64. The van der Waals surface area contributed by atoms with Gasteiger partial charge < -0.3 is 10.2 Å². The second-order valence-electron chi connectivity index (χ2n) is 6.08. The van der Waals surface area contributed by atoms with Crippen molar-refractivity contribution in [3.05, 3.63) is 70.2 Å². The van der Waals surface area contributed by atoms with E-state index in [-0.39, 0.29) is 18.4 Å². The lowest BCUT2D eigenvalue weighted by Gasteiger charge is -2.20. The molecular formula is C20H23ClN2O2. The summed E-state index contributed by atoms with van der Waals surface area (Å²) in [6, 6.07) is 15.5. The van der Waals surface area contributed by atoms with E-state index in [4.69, 9.17) is 11.6 Å². The summed E-state index contributed by atoms with van der Waals surface area (Å²) < 4.78 is 0. The molecule has 0 fully saturated rings. The van der Waals surface area contributed by atoms with Crippen molar-refractivity contribution >= 4 is 23.4 Å². The maximum absolute atomic E-state index is 12.1. The molecule has 0 aliphatic heterocycles. The summed E-state index contributed by atoms with van der Waals surface area (Å²) in [4.78, 5) is 25.5. The molecule has 132 valence electrons. The van der Waals surface area contributed by atoms with Gasteiger partial charge in [0.05, 0.1) is 6.54 Å². The molecule has 0 aromatic heterocycles. The summed E-state index contributed by atoms with van der Waals surface area (Å²) in [6.45, 7) is 4.52. The van der Waals surface area contributed by atoms with Gasteiger partial charge in [-0.1, -0.05) is 53.6 Å². The van der Waals surface area contributed by atoms with Crippen molar-refractivity contribution in [3.63, 3.8) is 0 Å². The fourth-order valence-electron chi connectivity index (χ4n) is 2.51. The van der Waals surface area contributed by atoms with Gasteiger partial charge in [-0.05, 0) is 36.6 Å². The first-order valence-electron chi connectivity index (χ1n) is 8.26. The highest BCUT2D eigenvalue weighted by atomic mass is 35.5. The summed E-state index contributed by atoms with van der Waals surface area (Å²) in [5.74, 6) is -0.271. The maximum Gasteiger partial charge on any atom is 0.239 e. The molecule has 2 rings (SSSR count). The van der Waals surface area contributed by atoms with E-state index in [2.05, 4.69) is 5.32 Å². The van der Waals surface area contributed by atoms with Crippen LogP contribution in [0.25, 0.3) is 0 Å². The highest BCUT2D eigenvalue weighted by Gasteiger charge is 2.13. The molecule has 0 saturated carbocycles. The quantitative estimate of drug-likeness (QED) is 0.825. The molecule has 2 aromatic rings. The van der Waals surface area contributed by atoms with Crippen molar-refractivity contribution in [3.8, 4) is 0 Å². The number of nitrogens with one attached hydrogen (secondary N) is 1. The number of rotatable bonds is 7. The largest absolute Gasteiger partial charge is 0.350 e.